The van der Waals surface area contributed by atoms with E-state index in [1.54, 1.807) is 0 Å². The minimum absolute atomic E-state index is 0.419. The zero-order valence-corrected chi connectivity index (χ0v) is 10.8. The van der Waals surface area contributed by atoms with Gasteiger partial charge in [-0.05, 0) is 37.3 Å². The topological polar surface area (TPSA) is 53.1 Å². The molecule has 4 heteroatoms. The van der Waals surface area contributed by atoms with E-state index in [9.17, 15) is 9.90 Å². The van der Waals surface area contributed by atoms with Crippen molar-refractivity contribution < 1.29 is 9.90 Å². The van der Waals surface area contributed by atoms with Crippen LogP contribution in [0.5, 0.6) is 0 Å². The van der Waals surface area contributed by atoms with E-state index in [1.165, 1.54) is 0 Å². The molecule has 1 aliphatic rings. The molecule has 1 heterocycles. The third-order valence-electron chi connectivity index (χ3n) is 3.81. The van der Waals surface area contributed by atoms with Gasteiger partial charge in [-0.25, -0.2) is 0 Å². The van der Waals surface area contributed by atoms with Crippen LogP contribution in [-0.2, 0) is 11.2 Å². The molecule has 2 N–H and O–H groups in total. The van der Waals surface area contributed by atoms with Gasteiger partial charge in [-0.15, -0.1) is 0 Å². The maximum Gasteiger partial charge on any atom is 0.312 e. The number of aryl methyl sites for hydroxylation is 2. The molecule has 0 fully saturated rings. The molecule has 1 aromatic carbocycles. The number of carboxylic acid groups (broad SMARTS) is 1. The van der Waals surface area contributed by atoms with Crippen LogP contribution in [0.2, 0.25) is 5.02 Å². The van der Waals surface area contributed by atoms with E-state index >= 15 is 0 Å². The number of aliphatic carboxylic acids is 1. The van der Waals surface area contributed by atoms with E-state index < -0.39 is 11.9 Å². The van der Waals surface area contributed by atoms with Crippen LogP contribution < -0.4 is 0 Å². The Morgan fingerprint density at radius 2 is 2.28 bits per heavy atom. The minimum Gasteiger partial charge on any atom is -0.481 e. The number of carboxylic acids is 1. The van der Waals surface area contributed by atoms with Gasteiger partial charge in [0.15, 0.2) is 0 Å². The second-order valence-corrected chi connectivity index (χ2v) is 5.30. The highest BCUT2D eigenvalue weighted by Crippen LogP contribution is 2.38. The van der Waals surface area contributed by atoms with E-state index in [0.717, 1.165) is 40.6 Å². The SMILES string of the molecule is Cc1ccc2c3c([nH]c2c1Cl)C(C(=O)O)CCC3. The van der Waals surface area contributed by atoms with Crippen LogP contribution >= 0.6 is 11.6 Å². The number of H-pyrrole nitrogens is 1. The Morgan fingerprint density at radius 3 is 3.00 bits per heavy atom. The van der Waals surface area contributed by atoms with Gasteiger partial charge in [0.25, 0.3) is 0 Å². The molecule has 0 aliphatic heterocycles. The van der Waals surface area contributed by atoms with Gasteiger partial charge in [0.2, 0.25) is 0 Å². The molecule has 3 nitrogen and oxygen atoms in total. The predicted octanol–water partition coefficient (Wildman–Crippen LogP) is 3.63. The quantitative estimate of drug-likeness (QED) is 0.825. The lowest BCUT2D eigenvalue weighted by molar-refractivity contribution is -0.139. The number of carbonyl (C=O) groups is 1. The summed E-state index contributed by atoms with van der Waals surface area (Å²) in [5.74, 6) is -1.17. The van der Waals surface area contributed by atoms with Crippen LogP contribution in [0, 0.1) is 6.92 Å². The van der Waals surface area contributed by atoms with Gasteiger partial charge in [0, 0.05) is 11.1 Å². The molecular weight excluding hydrogens is 250 g/mol. The summed E-state index contributed by atoms with van der Waals surface area (Å²) in [4.78, 5) is 14.5. The first-order valence-corrected chi connectivity index (χ1v) is 6.49. The van der Waals surface area contributed by atoms with Crippen LogP contribution in [0.3, 0.4) is 0 Å². The number of hydrogen-bond donors (Lipinski definition) is 2. The van der Waals surface area contributed by atoms with Gasteiger partial charge in [0.05, 0.1) is 16.5 Å². The summed E-state index contributed by atoms with van der Waals surface area (Å²) in [6, 6.07) is 4.03. The van der Waals surface area contributed by atoms with Crippen molar-refractivity contribution in [2.45, 2.75) is 32.1 Å². The molecule has 1 unspecified atom stereocenters. The van der Waals surface area contributed by atoms with Gasteiger partial charge in [-0.2, -0.15) is 0 Å². The largest absolute Gasteiger partial charge is 0.481 e. The van der Waals surface area contributed by atoms with E-state index in [4.69, 9.17) is 11.6 Å². The average molecular weight is 264 g/mol. The van der Waals surface area contributed by atoms with E-state index in [0.29, 0.717) is 11.4 Å². The molecule has 1 aliphatic carbocycles. The number of nitrogens with one attached hydrogen (secondary N) is 1. The second-order valence-electron chi connectivity index (χ2n) is 4.92. The molecule has 1 aromatic heterocycles. The molecule has 0 amide bonds. The Morgan fingerprint density at radius 1 is 1.50 bits per heavy atom. The minimum atomic E-state index is -0.754. The fourth-order valence-corrected chi connectivity index (χ4v) is 3.06. The number of hydrogen-bond acceptors (Lipinski definition) is 1. The van der Waals surface area contributed by atoms with Gasteiger partial charge < -0.3 is 10.1 Å². The molecule has 1 atom stereocenters. The molecule has 94 valence electrons. The number of aromatic nitrogens is 1. The van der Waals surface area contributed by atoms with Crippen LogP contribution in [0.25, 0.3) is 10.9 Å². The molecule has 0 radical (unpaired) electrons. The lowest BCUT2D eigenvalue weighted by atomic mass is 9.87. The Labute approximate surface area is 110 Å². The highest BCUT2D eigenvalue weighted by molar-refractivity contribution is 6.36. The summed E-state index contributed by atoms with van der Waals surface area (Å²) < 4.78 is 0. The predicted molar refractivity (Wildman–Crippen MR) is 71.4 cm³/mol. The van der Waals surface area contributed by atoms with Crippen LogP contribution in [-0.4, -0.2) is 16.1 Å². The molecule has 2 aromatic rings. The van der Waals surface area contributed by atoms with Crippen molar-refractivity contribution in [2.75, 3.05) is 0 Å². The van der Waals surface area contributed by atoms with E-state index in [-0.39, 0.29) is 0 Å². The smallest absolute Gasteiger partial charge is 0.312 e. The van der Waals surface area contributed by atoms with Crippen LogP contribution in [0.15, 0.2) is 12.1 Å². The van der Waals surface area contributed by atoms with Gasteiger partial charge in [-0.3, -0.25) is 4.79 Å². The summed E-state index contributed by atoms with van der Waals surface area (Å²) >= 11 is 6.29. The van der Waals surface area contributed by atoms with Gasteiger partial charge in [-0.1, -0.05) is 23.7 Å². The van der Waals surface area contributed by atoms with Crippen molar-refractivity contribution in [3.63, 3.8) is 0 Å². The zero-order valence-electron chi connectivity index (χ0n) is 10.1. The number of rotatable bonds is 1. The molecule has 0 saturated carbocycles. The Bertz CT molecular complexity index is 645. The molecule has 18 heavy (non-hydrogen) atoms. The third-order valence-corrected chi connectivity index (χ3v) is 4.30. The molecule has 0 bridgehead atoms. The Kier molecular flexibility index (Phi) is 2.59. The van der Waals surface area contributed by atoms with Gasteiger partial charge >= 0.3 is 5.97 Å². The van der Waals surface area contributed by atoms with Crippen LogP contribution in [0.1, 0.15) is 35.6 Å². The van der Waals surface area contributed by atoms with E-state index in [1.807, 2.05) is 19.1 Å². The zero-order chi connectivity index (χ0) is 12.9. The van der Waals surface area contributed by atoms with Crippen molar-refractivity contribution in [1.29, 1.82) is 0 Å². The average Bonchev–Trinajstić information content (AvgIpc) is 2.72. The standard InChI is InChI=1S/C14H14ClNO2/c1-7-5-6-9-8-3-2-4-10(14(17)18)12(8)16-13(9)11(7)15/h5-6,10,16H,2-4H2,1H3,(H,17,18). The molecule has 3 rings (SSSR count). The summed E-state index contributed by atoms with van der Waals surface area (Å²) in [7, 11) is 0. The number of aromatic amines is 1. The number of fused-ring (bicyclic) bond motifs is 3. The summed E-state index contributed by atoms with van der Waals surface area (Å²) in [6.07, 6.45) is 2.55. The number of benzene rings is 1. The normalized spacial score (nSPS) is 18.9. The summed E-state index contributed by atoms with van der Waals surface area (Å²) in [5.41, 5.74) is 3.87. The summed E-state index contributed by atoms with van der Waals surface area (Å²) in [5, 5.41) is 11.1. The van der Waals surface area contributed by atoms with Crippen molar-refractivity contribution in [3.8, 4) is 0 Å². The molecular formula is C14H14ClNO2. The maximum atomic E-state index is 11.3. The van der Waals surface area contributed by atoms with E-state index in [2.05, 4.69) is 4.98 Å². The fraction of sp³-hybridized carbons (Fsp3) is 0.357. The van der Waals surface area contributed by atoms with Crippen molar-refractivity contribution >= 4 is 28.5 Å². The first-order valence-electron chi connectivity index (χ1n) is 6.12. The lowest BCUT2D eigenvalue weighted by Crippen LogP contribution is -2.17. The monoisotopic (exact) mass is 263 g/mol. The lowest BCUT2D eigenvalue weighted by Gasteiger charge is -2.18. The second kappa shape index (κ2) is 4.02. The van der Waals surface area contributed by atoms with Crippen molar-refractivity contribution in [1.82, 2.24) is 4.98 Å². The maximum absolute atomic E-state index is 11.3. The number of halogens is 1. The highest BCUT2D eigenvalue weighted by Gasteiger charge is 2.29. The summed E-state index contributed by atoms with van der Waals surface area (Å²) in [6.45, 7) is 1.95. The first-order chi connectivity index (χ1) is 8.59. The highest BCUT2D eigenvalue weighted by atomic mass is 35.5. The fourth-order valence-electron chi connectivity index (χ4n) is 2.85. The molecule has 0 spiro atoms. The Balaban J connectivity index is 2.30. The van der Waals surface area contributed by atoms with Gasteiger partial charge in [0.1, 0.15) is 0 Å². The van der Waals surface area contributed by atoms with Crippen molar-refractivity contribution in [3.05, 3.63) is 34.0 Å². The first kappa shape index (κ1) is 11.6. The third kappa shape index (κ3) is 1.54. The van der Waals surface area contributed by atoms with Crippen LogP contribution in [0.4, 0.5) is 0 Å². The Hall–Kier alpha value is -1.48. The van der Waals surface area contributed by atoms with Crippen molar-refractivity contribution in [2.24, 2.45) is 0 Å². The molecule has 0 saturated heterocycles.